The summed E-state index contributed by atoms with van der Waals surface area (Å²) >= 11 is 1.59. The summed E-state index contributed by atoms with van der Waals surface area (Å²) in [5.41, 5.74) is 0. The number of carboxylic acid groups (broad SMARTS) is 1. The Balaban J connectivity index is 2.40. The van der Waals surface area contributed by atoms with E-state index in [4.69, 9.17) is 5.11 Å². The van der Waals surface area contributed by atoms with Crippen LogP contribution < -0.4 is 5.32 Å². The predicted molar refractivity (Wildman–Crippen MR) is 64.5 cm³/mol. The number of aliphatic carboxylic acids is 1. The molecule has 0 aromatic carbocycles. The van der Waals surface area contributed by atoms with Crippen LogP contribution in [0, 0.1) is 11.8 Å². The minimum atomic E-state index is -0.939. The van der Waals surface area contributed by atoms with Gasteiger partial charge in [0, 0.05) is 5.92 Å². The van der Waals surface area contributed by atoms with Crippen LogP contribution in [0.1, 0.15) is 26.2 Å². The number of thioether (sulfide) groups is 1. The maximum Gasteiger partial charge on any atom is 0.326 e. The van der Waals surface area contributed by atoms with Crippen LogP contribution in [-0.2, 0) is 9.59 Å². The summed E-state index contributed by atoms with van der Waals surface area (Å²) < 4.78 is 0. The Morgan fingerprint density at radius 3 is 2.56 bits per heavy atom. The van der Waals surface area contributed by atoms with Gasteiger partial charge in [-0.15, -0.1) is 0 Å². The van der Waals surface area contributed by atoms with E-state index < -0.39 is 12.0 Å². The first-order valence-corrected chi connectivity index (χ1v) is 6.97. The van der Waals surface area contributed by atoms with Gasteiger partial charge >= 0.3 is 5.97 Å². The number of hydrogen-bond donors (Lipinski definition) is 2. The standard InChI is InChI=1S/C11H19NO3S/c1-7(8-3-4-8)10(13)12-9(11(14)15)5-6-16-2/h7-9H,3-6H2,1-2H3,(H,12,13)(H,14,15). The number of carbonyl (C=O) groups excluding carboxylic acids is 1. The smallest absolute Gasteiger partial charge is 0.326 e. The third kappa shape index (κ3) is 4.04. The van der Waals surface area contributed by atoms with E-state index in [0.29, 0.717) is 12.3 Å². The second-order valence-electron chi connectivity index (χ2n) is 4.31. The van der Waals surface area contributed by atoms with E-state index in [9.17, 15) is 9.59 Å². The second-order valence-corrected chi connectivity index (χ2v) is 5.29. The van der Waals surface area contributed by atoms with Crippen LogP contribution in [0.25, 0.3) is 0 Å². The minimum Gasteiger partial charge on any atom is -0.480 e. The van der Waals surface area contributed by atoms with Gasteiger partial charge in [-0.25, -0.2) is 4.79 Å². The van der Waals surface area contributed by atoms with Gasteiger partial charge in [-0.1, -0.05) is 6.92 Å². The quantitative estimate of drug-likeness (QED) is 0.710. The van der Waals surface area contributed by atoms with Crippen molar-refractivity contribution < 1.29 is 14.7 Å². The molecule has 0 bridgehead atoms. The molecule has 0 heterocycles. The lowest BCUT2D eigenvalue weighted by molar-refractivity contribution is -0.142. The number of amides is 1. The monoisotopic (exact) mass is 245 g/mol. The van der Waals surface area contributed by atoms with Crippen LogP contribution in [0.3, 0.4) is 0 Å². The Morgan fingerprint density at radius 2 is 2.12 bits per heavy atom. The molecule has 2 unspecified atom stereocenters. The summed E-state index contributed by atoms with van der Waals surface area (Å²) in [6.07, 6.45) is 4.60. The topological polar surface area (TPSA) is 66.4 Å². The van der Waals surface area contributed by atoms with E-state index in [-0.39, 0.29) is 11.8 Å². The number of nitrogens with one attached hydrogen (secondary N) is 1. The van der Waals surface area contributed by atoms with Gasteiger partial charge in [0.05, 0.1) is 0 Å². The number of rotatable bonds is 7. The van der Waals surface area contributed by atoms with E-state index in [2.05, 4.69) is 5.32 Å². The van der Waals surface area contributed by atoms with Crippen LogP contribution >= 0.6 is 11.8 Å². The largest absolute Gasteiger partial charge is 0.480 e. The maximum atomic E-state index is 11.7. The molecular formula is C11H19NO3S. The van der Waals surface area contributed by atoms with Crippen molar-refractivity contribution in [2.45, 2.75) is 32.2 Å². The number of carboxylic acids is 1. The Hall–Kier alpha value is -0.710. The van der Waals surface area contributed by atoms with E-state index >= 15 is 0 Å². The molecule has 0 spiro atoms. The molecule has 1 saturated carbocycles. The average Bonchev–Trinajstić information content (AvgIpc) is 3.05. The van der Waals surface area contributed by atoms with Crippen molar-refractivity contribution in [1.29, 1.82) is 0 Å². The first-order valence-electron chi connectivity index (χ1n) is 5.58. The van der Waals surface area contributed by atoms with Crippen molar-refractivity contribution in [3.8, 4) is 0 Å². The van der Waals surface area contributed by atoms with E-state index in [0.717, 1.165) is 18.6 Å². The zero-order valence-corrected chi connectivity index (χ0v) is 10.5. The highest BCUT2D eigenvalue weighted by atomic mass is 32.2. The van der Waals surface area contributed by atoms with Gasteiger partial charge in [0.2, 0.25) is 5.91 Å². The van der Waals surface area contributed by atoms with Crippen LogP contribution in [0.5, 0.6) is 0 Å². The minimum absolute atomic E-state index is 0.0453. The van der Waals surface area contributed by atoms with Crippen LogP contribution in [0.4, 0.5) is 0 Å². The molecule has 1 fully saturated rings. The second kappa shape index (κ2) is 6.13. The lowest BCUT2D eigenvalue weighted by Crippen LogP contribution is -2.43. The summed E-state index contributed by atoms with van der Waals surface area (Å²) in [4.78, 5) is 22.6. The molecule has 0 saturated heterocycles. The lowest BCUT2D eigenvalue weighted by Gasteiger charge is -2.17. The Labute approximate surface area is 100 Å². The SMILES string of the molecule is CSCCC(NC(=O)C(C)C1CC1)C(=O)O. The van der Waals surface area contributed by atoms with Gasteiger partial charge in [-0.05, 0) is 37.2 Å². The third-order valence-corrected chi connectivity index (χ3v) is 3.61. The highest BCUT2D eigenvalue weighted by Gasteiger charge is 2.34. The lowest BCUT2D eigenvalue weighted by atomic mass is 10.0. The molecule has 1 rings (SSSR count). The molecular weight excluding hydrogens is 226 g/mol. The van der Waals surface area contributed by atoms with Gasteiger partial charge in [-0.3, -0.25) is 4.79 Å². The van der Waals surface area contributed by atoms with Gasteiger partial charge < -0.3 is 10.4 Å². The fourth-order valence-electron chi connectivity index (χ4n) is 1.61. The Kier molecular flexibility index (Phi) is 5.12. The zero-order valence-electron chi connectivity index (χ0n) is 9.73. The van der Waals surface area contributed by atoms with Crippen LogP contribution in [0.15, 0.2) is 0 Å². The number of hydrogen-bond acceptors (Lipinski definition) is 3. The van der Waals surface area contributed by atoms with Crippen molar-refractivity contribution in [2.24, 2.45) is 11.8 Å². The van der Waals surface area contributed by atoms with E-state index in [1.807, 2.05) is 13.2 Å². The summed E-state index contributed by atoms with van der Waals surface area (Å²) in [6, 6.07) is -0.735. The normalized spacial score (nSPS) is 18.9. The highest BCUT2D eigenvalue weighted by Crippen LogP contribution is 2.36. The maximum absolute atomic E-state index is 11.7. The van der Waals surface area contributed by atoms with E-state index in [1.165, 1.54) is 0 Å². The molecule has 2 atom stereocenters. The Morgan fingerprint density at radius 1 is 1.50 bits per heavy atom. The molecule has 5 heteroatoms. The van der Waals surface area contributed by atoms with Crippen molar-refractivity contribution >= 4 is 23.6 Å². The first kappa shape index (κ1) is 13.4. The Bertz CT molecular complexity index is 266. The summed E-state index contributed by atoms with van der Waals surface area (Å²) in [7, 11) is 0. The van der Waals surface area contributed by atoms with Crippen molar-refractivity contribution in [2.75, 3.05) is 12.0 Å². The number of carbonyl (C=O) groups is 2. The van der Waals surface area contributed by atoms with Crippen molar-refractivity contribution in [3.63, 3.8) is 0 Å². The fraction of sp³-hybridized carbons (Fsp3) is 0.818. The molecule has 1 aliphatic rings. The van der Waals surface area contributed by atoms with Crippen molar-refractivity contribution in [3.05, 3.63) is 0 Å². The summed E-state index contributed by atoms with van der Waals surface area (Å²) in [5.74, 6) is 0.113. The average molecular weight is 245 g/mol. The molecule has 0 aromatic rings. The van der Waals surface area contributed by atoms with Gasteiger partial charge in [0.15, 0.2) is 0 Å². The summed E-state index contributed by atoms with van der Waals surface area (Å²) in [6.45, 7) is 1.88. The predicted octanol–water partition coefficient (Wildman–Crippen LogP) is 1.35. The molecule has 0 aliphatic heterocycles. The highest BCUT2D eigenvalue weighted by molar-refractivity contribution is 7.98. The van der Waals surface area contributed by atoms with Gasteiger partial charge in [0.25, 0.3) is 0 Å². The van der Waals surface area contributed by atoms with E-state index in [1.54, 1.807) is 11.8 Å². The van der Waals surface area contributed by atoms with Gasteiger partial charge in [-0.2, -0.15) is 11.8 Å². The molecule has 1 aliphatic carbocycles. The molecule has 0 radical (unpaired) electrons. The van der Waals surface area contributed by atoms with Crippen molar-refractivity contribution in [1.82, 2.24) is 5.32 Å². The molecule has 2 N–H and O–H groups in total. The fourth-order valence-corrected chi connectivity index (χ4v) is 2.08. The first-order chi connectivity index (χ1) is 7.56. The van der Waals surface area contributed by atoms with Crippen LogP contribution in [-0.4, -0.2) is 35.0 Å². The molecule has 4 nitrogen and oxygen atoms in total. The van der Waals surface area contributed by atoms with Crippen LogP contribution in [0.2, 0.25) is 0 Å². The van der Waals surface area contributed by atoms with Gasteiger partial charge in [0.1, 0.15) is 6.04 Å². The third-order valence-electron chi connectivity index (χ3n) is 2.97. The molecule has 92 valence electrons. The molecule has 0 aromatic heterocycles. The zero-order chi connectivity index (χ0) is 12.1. The molecule has 1 amide bonds. The molecule has 16 heavy (non-hydrogen) atoms. The summed E-state index contributed by atoms with van der Waals surface area (Å²) in [5, 5.41) is 11.6.